The number of aromatic amines is 1. The molecule has 21 heavy (non-hydrogen) atoms. The lowest BCUT2D eigenvalue weighted by molar-refractivity contribution is 0.297. The molecule has 6 nitrogen and oxygen atoms in total. The highest BCUT2D eigenvalue weighted by Crippen LogP contribution is 2.33. The summed E-state index contributed by atoms with van der Waals surface area (Å²) in [5.74, 6) is 0. The molecule has 0 bridgehead atoms. The van der Waals surface area contributed by atoms with Gasteiger partial charge in [-0.15, -0.1) is 0 Å². The number of hydrogen-bond acceptors (Lipinski definition) is 5. The van der Waals surface area contributed by atoms with Crippen molar-refractivity contribution in [1.29, 1.82) is 0 Å². The molecule has 1 aromatic heterocycles. The maximum Gasteiger partial charge on any atom is 0.258 e. The molecular weight excluding hydrogens is 268 g/mol. The number of aromatic nitrogens is 2. The van der Waals surface area contributed by atoms with E-state index in [2.05, 4.69) is 14.9 Å². The highest BCUT2D eigenvalue weighted by Gasteiger charge is 2.24. The Balaban J connectivity index is 2.08. The lowest BCUT2D eigenvalue weighted by atomic mass is 10.1. The van der Waals surface area contributed by atoms with Crippen molar-refractivity contribution in [3.8, 4) is 0 Å². The maximum atomic E-state index is 11.8. The van der Waals surface area contributed by atoms with Gasteiger partial charge in [0.1, 0.15) is 0 Å². The van der Waals surface area contributed by atoms with Gasteiger partial charge in [0.2, 0.25) is 0 Å². The van der Waals surface area contributed by atoms with Gasteiger partial charge in [-0.1, -0.05) is 12.8 Å². The molecule has 1 heterocycles. The molecule has 1 aliphatic rings. The summed E-state index contributed by atoms with van der Waals surface area (Å²) in [6.45, 7) is 0.625. The third kappa shape index (κ3) is 2.58. The van der Waals surface area contributed by atoms with Crippen LogP contribution in [0.5, 0.6) is 0 Å². The van der Waals surface area contributed by atoms with Crippen molar-refractivity contribution in [3.05, 3.63) is 28.8 Å². The van der Waals surface area contributed by atoms with E-state index < -0.39 is 0 Å². The third-order valence-corrected chi connectivity index (χ3v) is 4.20. The van der Waals surface area contributed by atoms with Gasteiger partial charge in [0, 0.05) is 12.6 Å². The molecule has 3 rings (SSSR count). The second-order valence-corrected chi connectivity index (χ2v) is 5.52. The highest BCUT2D eigenvalue weighted by molar-refractivity contribution is 5.88. The molecule has 1 fully saturated rings. The SMILES string of the molecule is Nc1cc2c(=O)[nH]cnc2cc1N(CCO)C1CCCC1. The predicted molar refractivity (Wildman–Crippen MR) is 83.5 cm³/mol. The van der Waals surface area contributed by atoms with E-state index in [9.17, 15) is 9.90 Å². The quantitative estimate of drug-likeness (QED) is 0.736. The zero-order valence-electron chi connectivity index (χ0n) is 11.9. The number of nitrogens with two attached hydrogens (primary N) is 1. The smallest absolute Gasteiger partial charge is 0.258 e. The van der Waals surface area contributed by atoms with Gasteiger partial charge in [-0.2, -0.15) is 0 Å². The van der Waals surface area contributed by atoms with Crippen LogP contribution in [0.15, 0.2) is 23.3 Å². The second-order valence-electron chi connectivity index (χ2n) is 5.52. The summed E-state index contributed by atoms with van der Waals surface area (Å²) in [5, 5.41) is 9.85. The van der Waals surface area contributed by atoms with Crippen LogP contribution in [0.1, 0.15) is 25.7 Å². The van der Waals surface area contributed by atoms with Crippen molar-refractivity contribution in [2.45, 2.75) is 31.7 Å². The number of nitrogens with one attached hydrogen (secondary N) is 1. The van der Waals surface area contributed by atoms with Crippen LogP contribution in [0, 0.1) is 0 Å². The molecule has 4 N–H and O–H groups in total. The van der Waals surface area contributed by atoms with Crippen LogP contribution in [0.3, 0.4) is 0 Å². The van der Waals surface area contributed by atoms with Crippen molar-refractivity contribution in [2.75, 3.05) is 23.8 Å². The number of aliphatic hydroxyl groups is 1. The van der Waals surface area contributed by atoms with Crippen LogP contribution in [0.25, 0.3) is 10.9 Å². The first-order chi connectivity index (χ1) is 10.2. The van der Waals surface area contributed by atoms with E-state index in [0.717, 1.165) is 18.5 Å². The molecule has 1 aliphatic carbocycles. The maximum absolute atomic E-state index is 11.8. The molecule has 0 spiro atoms. The van der Waals surface area contributed by atoms with Gasteiger partial charge in [0.05, 0.1) is 35.2 Å². The van der Waals surface area contributed by atoms with E-state index in [1.54, 1.807) is 6.07 Å². The lowest BCUT2D eigenvalue weighted by Crippen LogP contribution is -2.36. The zero-order chi connectivity index (χ0) is 14.8. The Bertz CT molecular complexity index is 692. The molecular formula is C15H20N4O2. The van der Waals surface area contributed by atoms with Crippen molar-refractivity contribution in [2.24, 2.45) is 0 Å². The number of aliphatic hydroxyl groups excluding tert-OH is 1. The number of anilines is 2. The third-order valence-electron chi connectivity index (χ3n) is 4.20. The van der Waals surface area contributed by atoms with E-state index in [0.29, 0.717) is 29.2 Å². The molecule has 6 heteroatoms. The molecule has 112 valence electrons. The monoisotopic (exact) mass is 288 g/mol. The predicted octanol–water partition coefficient (Wildman–Crippen LogP) is 1.25. The van der Waals surface area contributed by atoms with Gasteiger partial charge in [-0.3, -0.25) is 4.79 Å². The number of nitrogens with zero attached hydrogens (tertiary/aromatic N) is 2. The lowest BCUT2D eigenvalue weighted by Gasteiger charge is -2.31. The Kier molecular flexibility index (Phi) is 3.79. The normalized spacial score (nSPS) is 15.7. The summed E-state index contributed by atoms with van der Waals surface area (Å²) in [7, 11) is 0. The van der Waals surface area contributed by atoms with E-state index in [1.807, 2.05) is 6.07 Å². The molecule has 0 amide bonds. The minimum Gasteiger partial charge on any atom is -0.397 e. The van der Waals surface area contributed by atoms with Crippen LogP contribution in [-0.4, -0.2) is 34.3 Å². The van der Waals surface area contributed by atoms with Crippen LogP contribution in [-0.2, 0) is 0 Å². The molecule has 0 saturated heterocycles. The summed E-state index contributed by atoms with van der Waals surface area (Å²) in [5.41, 5.74) is 8.01. The number of H-pyrrole nitrogens is 1. The Morgan fingerprint density at radius 3 is 2.86 bits per heavy atom. The summed E-state index contributed by atoms with van der Waals surface area (Å²) in [6.07, 6.45) is 6.03. The molecule has 1 aromatic carbocycles. The van der Waals surface area contributed by atoms with Gasteiger partial charge in [-0.05, 0) is 25.0 Å². The van der Waals surface area contributed by atoms with Crippen LogP contribution >= 0.6 is 0 Å². The number of rotatable bonds is 4. The van der Waals surface area contributed by atoms with Gasteiger partial charge < -0.3 is 20.7 Å². The minimum absolute atomic E-state index is 0.0801. The van der Waals surface area contributed by atoms with Gasteiger partial charge in [0.25, 0.3) is 5.56 Å². The fourth-order valence-electron chi connectivity index (χ4n) is 3.19. The first-order valence-electron chi connectivity index (χ1n) is 7.35. The van der Waals surface area contributed by atoms with E-state index in [-0.39, 0.29) is 12.2 Å². The molecule has 0 radical (unpaired) electrons. The second kappa shape index (κ2) is 5.73. The Hall–Kier alpha value is -2.08. The average molecular weight is 288 g/mol. The molecule has 0 aliphatic heterocycles. The Morgan fingerprint density at radius 2 is 2.14 bits per heavy atom. The average Bonchev–Trinajstić information content (AvgIpc) is 2.99. The molecule has 0 atom stereocenters. The Morgan fingerprint density at radius 1 is 1.38 bits per heavy atom. The first-order valence-corrected chi connectivity index (χ1v) is 7.35. The van der Waals surface area contributed by atoms with E-state index in [4.69, 9.17) is 5.73 Å². The number of benzene rings is 1. The number of hydrogen-bond donors (Lipinski definition) is 3. The Labute approximate surface area is 122 Å². The standard InChI is InChI=1S/C15H20N4O2/c16-12-7-11-13(17-9-18-15(11)21)8-14(12)19(5-6-20)10-3-1-2-4-10/h7-10,20H,1-6,16H2,(H,17,18,21). The van der Waals surface area contributed by atoms with Crippen molar-refractivity contribution in [3.63, 3.8) is 0 Å². The summed E-state index contributed by atoms with van der Waals surface area (Å²) < 4.78 is 0. The number of nitrogen functional groups attached to an aromatic ring is 1. The van der Waals surface area contributed by atoms with Crippen LogP contribution < -0.4 is 16.2 Å². The van der Waals surface area contributed by atoms with Gasteiger partial charge in [-0.25, -0.2) is 4.98 Å². The minimum atomic E-state index is -0.187. The van der Waals surface area contributed by atoms with E-state index >= 15 is 0 Å². The van der Waals surface area contributed by atoms with Crippen molar-refractivity contribution in [1.82, 2.24) is 9.97 Å². The first kappa shape index (κ1) is 13.9. The summed E-state index contributed by atoms with van der Waals surface area (Å²) >= 11 is 0. The fourth-order valence-corrected chi connectivity index (χ4v) is 3.19. The van der Waals surface area contributed by atoms with Crippen molar-refractivity contribution >= 4 is 22.3 Å². The number of fused-ring (bicyclic) bond motifs is 1. The highest BCUT2D eigenvalue weighted by atomic mass is 16.3. The molecule has 1 saturated carbocycles. The van der Waals surface area contributed by atoms with Crippen LogP contribution in [0.2, 0.25) is 0 Å². The topological polar surface area (TPSA) is 95.2 Å². The van der Waals surface area contributed by atoms with Crippen molar-refractivity contribution < 1.29 is 5.11 Å². The molecule has 2 aromatic rings. The summed E-state index contributed by atoms with van der Waals surface area (Å²) in [6, 6.07) is 3.93. The van der Waals surface area contributed by atoms with Crippen LogP contribution in [0.4, 0.5) is 11.4 Å². The van der Waals surface area contributed by atoms with Gasteiger partial charge >= 0.3 is 0 Å². The zero-order valence-corrected chi connectivity index (χ0v) is 11.9. The van der Waals surface area contributed by atoms with E-state index in [1.165, 1.54) is 19.2 Å². The van der Waals surface area contributed by atoms with Gasteiger partial charge in [0.15, 0.2) is 0 Å². The largest absolute Gasteiger partial charge is 0.397 e. The molecule has 0 unspecified atom stereocenters. The fraction of sp³-hybridized carbons (Fsp3) is 0.467. The summed E-state index contributed by atoms with van der Waals surface area (Å²) in [4.78, 5) is 20.7.